The van der Waals surface area contributed by atoms with Crippen LogP contribution in [0.2, 0.25) is 0 Å². The number of para-hydroxylation sites is 4. The van der Waals surface area contributed by atoms with Crippen molar-refractivity contribution in [2.24, 2.45) is 0 Å². The molecule has 2 heterocycles. The molecular formula is C77H52O2. The highest BCUT2D eigenvalue weighted by molar-refractivity contribution is 6.23. The Bertz CT molecular complexity index is 4690. The van der Waals surface area contributed by atoms with Gasteiger partial charge in [0.15, 0.2) is 0 Å². The van der Waals surface area contributed by atoms with E-state index < -0.39 is 5.41 Å². The van der Waals surface area contributed by atoms with Gasteiger partial charge in [0.25, 0.3) is 0 Å². The molecule has 0 saturated heterocycles. The molecule has 0 saturated carbocycles. The number of hydrogen-bond acceptors (Lipinski definition) is 2. The summed E-state index contributed by atoms with van der Waals surface area (Å²) in [5, 5.41) is 9.85. The first-order valence-corrected chi connectivity index (χ1v) is 27.8. The van der Waals surface area contributed by atoms with Crippen LogP contribution in [0.4, 0.5) is 0 Å². The molecule has 0 fully saturated rings. The summed E-state index contributed by atoms with van der Waals surface area (Å²) < 4.78 is 14.2. The third kappa shape index (κ3) is 5.70. The second-order valence-electron chi connectivity index (χ2n) is 23.3. The zero-order chi connectivity index (χ0) is 52.5. The highest BCUT2D eigenvalue weighted by atomic mass is 16.5. The monoisotopic (exact) mass is 1010 g/mol. The molecule has 0 N–H and O–H groups in total. The number of ether oxygens (including phenoxy) is 2. The molecule has 0 amide bonds. The minimum atomic E-state index is -0.596. The Balaban J connectivity index is 1.00. The van der Waals surface area contributed by atoms with E-state index in [1.165, 1.54) is 110 Å². The topological polar surface area (TPSA) is 18.5 Å². The average Bonchev–Trinajstić information content (AvgIpc) is 4.18. The number of hydrogen-bond donors (Lipinski definition) is 0. The number of fused-ring (bicyclic) bond motifs is 21. The van der Waals surface area contributed by atoms with Crippen LogP contribution in [0.15, 0.2) is 243 Å². The molecule has 1 spiro atoms. The summed E-state index contributed by atoms with van der Waals surface area (Å²) in [7, 11) is 0. The van der Waals surface area contributed by atoms with Gasteiger partial charge in [-0.1, -0.05) is 252 Å². The predicted molar refractivity (Wildman–Crippen MR) is 326 cm³/mol. The van der Waals surface area contributed by atoms with Gasteiger partial charge in [-0.2, -0.15) is 0 Å². The van der Waals surface area contributed by atoms with Crippen LogP contribution in [-0.2, 0) is 16.2 Å². The average molecular weight is 1010 g/mol. The van der Waals surface area contributed by atoms with E-state index >= 15 is 0 Å². The molecule has 2 nitrogen and oxygen atoms in total. The van der Waals surface area contributed by atoms with Crippen LogP contribution in [0, 0.1) is 0 Å². The molecule has 372 valence electrons. The van der Waals surface area contributed by atoms with Gasteiger partial charge in [0.05, 0.1) is 5.41 Å². The lowest BCUT2D eigenvalue weighted by atomic mass is 9.69. The summed E-state index contributed by atoms with van der Waals surface area (Å²) in [6, 6.07) is 90.8. The highest BCUT2D eigenvalue weighted by Gasteiger charge is 2.53. The summed E-state index contributed by atoms with van der Waals surface area (Å²) >= 11 is 0. The molecule has 4 aliphatic rings. The molecule has 79 heavy (non-hydrogen) atoms. The predicted octanol–water partition coefficient (Wildman–Crippen LogP) is 20.5. The molecule has 2 aliphatic carbocycles. The van der Waals surface area contributed by atoms with E-state index in [1.807, 2.05) is 0 Å². The molecule has 0 radical (unpaired) electrons. The molecule has 13 aromatic rings. The molecule has 2 heteroatoms. The van der Waals surface area contributed by atoms with Gasteiger partial charge in [-0.05, 0) is 128 Å². The first kappa shape index (κ1) is 44.6. The van der Waals surface area contributed by atoms with Crippen molar-refractivity contribution in [1.82, 2.24) is 0 Å². The quantitative estimate of drug-likeness (QED) is 0.130. The van der Waals surface area contributed by atoms with E-state index in [1.54, 1.807) is 0 Å². The third-order valence-electron chi connectivity index (χ3n) is 18.8. The fourth-order valence-electron chi connectivity index (χ4n) is 15.4. The van der Waals surface area contributed by atoms with Crippen LogP contribution in [0.5, 0.6) is 23.0 Å². The molecule has 0 aromatic heterocycles. The van der Waals surface area contributed by atoms with Crippen molar-refractivity contribution in [3.63, 3.8) is 0 Å². The minimum absolute atomic E-state index is 0.280. The zero-order valence-electron chi connectivity index (χ0n) is 44.4. The Morgan fingerprint density at radius 3 is 1.15 bits per heavy atom. The maximum absolute atomic E-state index is 7.10. The molecule has 1 atom stereocenters. The van der Waals surface area contributed by atoms with Crippen LogP contribution in [-0.4, -0.2) is 0 Å². The lowest BCUT2D eigenvalue weighted by molar-refractivity contribution is 0.419. The van der Waals surface area contributed by atoms with Gasteiger partial charge in [-0.25, -0.2) is 0 Å². The van der Waals surface area contributed by atoms with Gasteiger partial charge >= 0.3 is 0 Å². The summed E-state index contributed by atoms with van der Waals surface area (Å²) in [5.41, 5.74) is 20.9. The number of rotatable bonds is 3. The Morgan fingerprint density at radius 1 is 0.241 bits per heavy atom. The van der Waals surface area contributed by atoms with E-state index in [9.17, 15) is 0 Å². The van der Waals surface area contributed by atoms with Crippen molar-refractivity contribution in [1.29, 1.82) is 0 Å². The minimum Gasteiger partial charge on any atom is -0.456 e. The van der Waals surface area contributed by atoms with E-state index in [-0.39, 0.29) is 10.8 Å². The van der Waals surface area contributed by atoms with Crippen molar-refractivity contribution in [3.8, 4) is 78.6 Å². The fourth-order valence-corrected chi connectivity index (χ4v) is 15.4. The maximum Gasteiger partial charge on any atom is 0.139 e. The Kier molecular flexibility index (Phi) is 8.93. The van der Waals surface area contributed by atoms with Crippen LogP contribution in [0.25, 0.3) is 98.7 Å². The van der Waals surface area contributed by atoms with Gasteiger partial charge in [0.2, 0.25) is 0 Å². The second kappa shape index (κ2) is 15.8. The van der Waals surface area contributed by atoms with E-state index in [4.69, 9.17) is 9.47 Å². The molecule has 13 aromatic carbocycles. The van der Waals surface area contributed by atoms with Crippen molar-refractivity contribution < 1.29 is 9.47 Å². The van der Waals surface area contributed by atoms with E-state index in [2.05, 4.69) is 270 Å². The summed E-state index contributed by atoms with van der Waals surface area (Å²) in [4.78, 5) is 0. The van der Waals surface area contributed by atoms with Crippen molar-refractivity contribution in [2.75, 3.05) is 0 Å². The van der Waals surface area contributed by atoms with Gasteiger partial charge < -0.3 is 9.47 Å². The van der Waals surface area contributed by atoms with Crippen LogP contribution in [0.3, 0.4) is 0 Å². The first-order valence-electron chi connectivity index (χ1n) is 27.8. The zero-order valence-corrected chi connectivity index (χ0v) is 44.4. The largest absolute Gasteiger partial charge is 0.456 e. The van der Waals surface area contributed by atoms with Crippen LogP contribution >= 0.6 is 0 Å². The Hall–Kier alpha value is -9.50. The first-order chi connectivity index (χ1) is 38.7. The summed E-state index contributed by atoms with van der Waals surface area (Å²) in [5.74, 6) is 3.63. The summed E-state index contributed by atoms with van der Waals surface area (Å²) in [6.07, 6.45) is 0. The molecule has 0 bridgehead atoms. The molecule has 1 unspecified atom stereocenters. The van der Waals surface area contributed by atoms with Crippen molar-refractivity contribution in [3.05, 3.63) is 287 Å². The van der Waals surface area contributed by atoms with Gasteiger partial charge in [-0.15, -0.1) is 0 Å². The third-order valence-corrected chi connectivity index (χ3v) is 18.8. The lowest BCUT2D eigenvalue weighted by Gasteiger charge is -2.35. The van der Waals surface area contributed by atoms with Gasteiger partial charge in [0.1, 0.15) is 23.0 Å². The lowest BCUT2D eigenvalue weighted by Crippen LogP contribution is -2.26. The molecule has 2 aliphatic heterocycles. The Labute approximate surface area is 459 Å². The maximum atomic E-state index is 7.10. The van der Waals surface area contributed by atoms with Gasteiger partial charge in [-0.3, -0.25) is 0 Å². The second-order valence-corrected chi connectivity index (χ2v) is 23.3. The number of benzene rings is 13. The van der Waals surface area contributed by atoms with Gasteiger partial charge in [0, 0.05) is 44.2 Å². The van der Waals surface area contributed by atoms with Crippen LogP contribution in [0.1, 0.15) is 72.2 Å². The molecular weight excluding hydrogens is 957 g/mol. The highest BCUT2D eigenvalue weighted by Crippen LogP contribution is 2.67. The normalized spacial score (nSPS) is 16.3. The molecule has 17 rings (SSSR count). The Morgan fingerprint density at radius 2 is 0.595 bits per heavy atom. The fraction of sp³-hybridized carbons (Fsp3) is 0.0909. The standard InChI is InChI=1S/C77H52O2/c1-75(2)62-37-13-15-42-67(62)78-73-53(32-19-40-65(73)75)47-28-17-30-50-58(47)44-59-48(54-33-20-41-66-74(54)79-68-43-16-14-38-63(68)76(66,3)4)29-18-31-51(59)69(50)57-34-21-39-64-70(57)55-26-9-11-35-60(55)77(64)61-36-12-10-27-56(61)71-49-24-7-5-22-45(49)46-23-6-8-25-52(46)72(71)77/h5-44H,1-4H3. The van der Waals surface area contributed by atoms with Crippen molar-refractivity contribution >= 4 is 43.1 Å². The SMILES string of the molecule is CC1(C)c2ccccc2Oc2c(-c3cccc4c(-c5cccc6c5-c5ccccc5C65c6ccccc6-c6c5c5ccccc5c5ccccc65)c5cccc(-c6cccc7c6Oc6ccccc6C7(C)C)c5cc34)cccc21. The van der Waals surface area contributed by atoms with E-state index in [0.29, 0.717) is 0 Å². The summed E-state index contributed by atoms with van der Waals surface area (Å²) in [6.45, 7) is 9.31. The smallest absolute Gasteiger partial charge is 0.139 e. The van der Waals surface area contributed by atoms with E-state index in [0.717, 1.165) is 56.0 Å². The van der Waals surface area contributed by atoms with Crippen LogP contribution < -0.4 is 9.47 Å². The van der Waals surface area contributed by atoms with Crippen molar-refractivity contribution in [2.45, 2.75) is 43.9 Å².